The molecular weight excluding hydrogens is 206 g/mol. The Hall–Kier alpha value is 1.14. The molecule has 0 bridgehead atoms. The van der Waals surface area contributed by atoms with Crippen molar-refractivity contribution >= 4 is 32.7 Å². The van der Waals surface area contributed by atoms with Gasteiger partial charge in [0.1, 0.15) is 0 Å². The molecule has 0 radical (unpaired) electrons. The second kappa shape index (κ2) is 4.97. The van der Waals surface area contributed by atoms with Crippen molar-refractivity contribution < 1.29 is 0 Å². The molecule has 0 aliphatic rings. The molecule has 1 unspecified atom stereocenters. The molecular formula is C5H11AsCl2. The molecule has 8 heavy (non-hydrogen) atoms. The fraction of sp³-hybridized carbons (Fsp3) is 1.00. The fourth-order valence-electron chi connectivity index (χ4n) is 0.365. The van der Waals surface area contributed by atoms with Gasteiger partial charge in [-0.05, 0) is 0 Å². The van der Waals surface area contributed by atoms with Gasteiger partial charge in [0.2, 0.25) is 0 Å². The molecule has 0 rings (SSSR count). The van der Waals surface area contributed by atoms with E-state index in [1.807, 2.05) is 0 Å². The first kappa shape index (κ1) is 9.14. The van der Waals surface area contributed by atoms with E-state index in [1.54, 1.807) is 0 Å². The average Bonchev–Trinajstić information content (AvgIpc) is 1.65. The number of hydrogen-bond acceptors (Lipinski definition) is 0. The van der Waals surface area contributed by atoms with Gasteiger partial charge in [0.15, 0.2) is 0 Å². The Morgan fingerprint density at radius 2 is 2.00 bits per heavy atom. The molecule has 0 spiro atoms. The van der Waals surface area contributed by atoms with Gasteiger partial charge in [0.05, 0.1) is 0 Å². The summed E-state index contributed by atoms with van der Waals surface area (Å²) in [5, 5.41) is 1.06. The molecule has 0 nitrogen and oxygen atoms in total. The maximum atomic E-state index is 5.66. The van der Waals surface area contributed by atoms with E-state index in [1.165, 1.54) is 6.42 Å². The van der Waals surface area contributed by atoms with Crippen LogP contribution in [0.3, 0.4) is 0 Å². The van der Waals surface area contributed by atoms with Crippen LogP contribution in [0.2, 0.25) is 5.21 Å². The van der Waals surface area contributed by atoms with E-state index in [0.717, 1.165) is 11.1 Å². The molecule has 0 aliphatic carbocycles. The third-order valence-electron chi connectivity index (χ3n) is 1.15. The van der Waals surface area contributed by atoms with Crippen molar-refractivity contribution in [2.24, 2.45) is 5.92 Å². The molecule has 0 fully saturated rings. The van der Waals surface area contributed by atoms with Gasteiger partial charge in [0.25, 0.3) is 0 Å². The van der Waals surface area contributed by atoms with Gasteiger partial charge in [-0.15, -0.1) is 0 Å². The average molecular weight is 217 g/mol. The Morgan fingerprint density at radius 1 is 1.50 bits per heavy atom. The second-order valence-corrected chi connectivity index (χ2v) is 9.18. The quantitative estimate of drug-likeness (QED) is 0.637. The van der Waals surface area contributed by atoms with Gasteiger partial charge >= 0.3 is 64.1 Å². The van der Waals surface area contributed by atoms with Crippen molar-refractivity contribution in [3.8, 4) is 0 Å². The van der Waals surface area contributed by atoms with E-state index in [0.29, 0.717) is 0 Å². The van der Waals surface area contributed by atoms with E-state index in [4.69, 9.17) is 19.9 Å². The van der Waals surface area contributed by atoms with Crippen molar-refractivity contribution in [2.75, 3.05) is 0 Å². The molecule has 3 heteroatoms. The van der Waals surface area contributed by atoms with Crippen LogP contribution in [0.5, 0.6) is 0 Å². The van der Waals surface area contributed by atoms with Crippen LogP contribution < -0.4 is 0 Å². The van der Waals surface area contributed by atoms with Gasteiger partial charge in [-0.2, -0.15) is 0 Å². The van der Waals surface area contributed by atoms with Gasteiger partial charge in [-0.1, -0.05) is 0 Å². The summed E-state index contributed by atoms with van der Waals surface area (Å²) in [6.45, 7) is 4.35. The first-order chi connectivity index (χ1) is 3.66. The third-order valence-corrected chi connectivity index (χ3v) is 4.47. The zero-order chi connectivity index (χ0) is 6.57. The Morgan fingerprint density at radius 3 is 2.12 bits per heavy atom. The Balaban J connectivity index is 3.10. The topological polar surface area (TPSA) is 0 Å². The second-order valence-electron chi connectivity index (χ2n) is 2.00. The summed E-state index contributed by atoms with van der Waals surface area (Å²) in [7, 11) is 11.3. The molecule has 50 valence electrons. The summed E-state index contributed by atoms with van der Waals surface area (Å²) in [6, 6.07) is 0. The molecule has 0 N–H and O–H groups in total. The SMILES string of the molecule is CCC(C)C[As](Cl)Cl. The van der Waals surface area contributed by atoms with Crippen LogP contribution in [0.15, 0.2) is 0 Å². The molecule has 0 heterocycles. The first-order valence-electron chi connectivity index (χ1n) is 2.76. The van der Waals surface area contributed by atoms with E-state index in [2.05, 4.69) is 13.8 Å². The van der Waals surface area contributed by atoms with Crippen molar-refractivity contribution in [1.29, 1.82) is 0 Å². The van der Waals surface area contributed by atoms with Crippen LogP contribution in [0.25, 0.3) is 0 Å². The number of halogens is 2. The predicted molar refractivity (Wildman–Crippen MR) is 41.7 cm³/mol. The summed E-state index contributed by atoms with van der Waals surface area (Å²) in [6.07, 6.45) is 1.20. The molecule has 0 aromatic carbocycles. The van der Waals surface area contributed by atoms with Crippen LogP contribution >= 0.6 is 19.9 Å². The Bertz CT molecular complexity index is 56.4. The zero-order valence-electron chi connectivity index (χ0n) is 5.19. The van der Waals surface area contributed by atoms with Crippen LogP contribution in [-0.2, 0) is 0 Å². The Labute approximate surface area is 64.1 Å². The summed E-state index contributed by atoms with van der Waals surface area (Å²) in [5.74, 6) is 0.727. The van der Waals surface area contributed by atoms with Crippen LogP contribution in [0.1, 0.15) is 20.3 Å². The summed E-state index contributed by atoms with van der Waals surface area (Å²) >= 11 is -1.36. The third kappa shape index (κ3) is 5.28. The van der Waals surface area contributed by atoms with Crippen molar-refractivity contribution in [3.05, 3.63) is 0 Å². The first-order valence-corrected chi connectivity index (χ1v) is 9.01. The summed E-state index contributed by atoms with van der Waals surface area (Å²) in [4.78, 5) is 0. The molecule has 0 amide bonds. The molecule has 0 saturated carbocycles. The van der Waals surface area contributed by atoms with Crippen LogP contribution in [0, 0.1) is 5.92 Å². The molecule has 1 atom stereocenters. The van der Waals surface area contributed by atoms with E-state index in [-0.39, 0.29) is 0 Å². The predicted octanol–water partition coefficient (Wildman–Crippen LogP) is 3.00. The van der Waals surface area contributed by atoms with E-state index >= 15 is 0 Å². The van der Waals surface area contributed by atoms with E-state index in [9.17, 15) is 0 Å². The molecule has 0 aromatic rings. The zero-order valence-corrected chi connectivity index (χ0v) is 8.58. The van der Waals surface area contributed by atoms with E-state index < -0.39 is 12.8 Å². The number of rotatable bonds is 3. The van der Waals surface area contributed by atoms with Crippen molar-refractivity contribution in [1.82, 2.24) is 0 Å². The molecule has 0 aliphatic heterocycles. The summed E-state index contributed by atoms with van der Waals surface area (Å²) in [5.41, 5.74) is 0. The van der Waals surface area contributed by atoms with Crippen molar-refractivity contribution in [2.45, 2.75) is 25.5 Å². The molecule has 0 saturated heterocycles. The van der Waals surface area contributed by atoms with Gasteiger partial charge in [-0.3, -0.25) is 0 Å². The standard InChI is InChI=1S/C5H11AsCl2/c1-3-5(2)4-6(7)8/h5H,3-4H2,1-2H3. The fourth-order valence-corrected chi connectivity index (χ4v) is 4.34. The van der Waals surface area contributed by atoms with Crippen molar-refractivity contribution in [3.63, 3.8) is 0 Å². The maximum absolute atomic E-state index is 5.66. The van der Waals surface area contributed by atoms with Crippen LogP contribution in [-0.4, -0.2) is 12.8 Å². The van der Waals surface area contributed by atoms with Crippen LogP contribution in [0.4, 0.5) is 0 Å². The van der Waals surface area contributed by atoms with Gasteiger partial charge < -0.3 is 0 Å². The molecule has 0 aromatic heterocycles. The monoisotopic (exact) mass is 216 g/mol. The van der Waals surface area contributed by atoms with Gasteiger partial charge in [-0.25, -0.2) is 0 Å². The minimum absolute atomic E-state index is 0.727. The Kier molecular flexibility index (Phi) is 5.67. The normalized spacial score (nSPS) is 14.6. The summed E-state index contributed by atoms with van der Waals surface area (Å²) < 4.78 is 0. The van der Waals surface area contributed by atoms with Gasteiger partial charge in [0, 0.05) is 0 Å². The minimum atomic E-state index is -1.36. The number of hydrogen-bond donors (Lipinski definition) is 0.